The van der Waals surface area contributed by atoms with Gasteiger partial charge in [0.1, 0.15) is 11.6 Å². The van der Waals surface area contributed by atoms with Crippen LogP contribution in [0.2, 0.25) is 5.02 Å². The minimum absolute atomic E-state index is 0.657. The molecule has 18 heavy (non-hydrogen) atoms. The van der Waals surface area contributed by atoms with Gasteiger partial charge in [0.05, 0.1) is 10.5 Å². The van der Waals surface area contributed by atoms with E-state index in [0.29, 0.717) is 10.8 Å². The molecule has 3 rings (SSSR count). The van der Waals surface area contributed by atoms with Gasteiger partial charge in [0.2, 0.25) is 0 Å². The molecule has 2 N–H and O–H groups in total. The van der Waals surface area contributed by atoms with Crippen LogP contribution in [0.25, 0.3) is 10.9 Å². The second-order valence-electron chi connectivity index (χ2n) is 4.11. The fourth-order valence-corrected chi connectivity index (χ4v) is 2.23. The second-order valence-corrected chi connectivity index (χ2v) is 4.52. The molecule has 1 aromatic heterocycles. The van der Waals surface area contributed by atoms with E-state index >= 15 is 0 Å². The van der Waals surface area contributed by atoms with Crippen LogP contribution in [0, 0.1) is 0 Å². The number of para-hydroxylation sites is 1. The van der Waals surface area contributed by atoms with Gasteiger partial charge < -0.3 is 10.6 Å². The maximum absolute atomic E-state index is 6.16. The number of halogens is 1. The summed E-state index contributed by atoms with van der Waals surface area (Å²) in [4.78, 5) is 6.54. The summed E-state index contributed by atoms with van der Waals surface area (Å²) in [5.41, 5.74) is 6.76. The molecule has 2 heterocycles. The normalized spacial score (nSPS) is 14.9. The molecule has 1 aliphatic rings. The highest BCUT2D eigenvalue weighted by Crippen LogP contribution is 2.25. The zero-order valence-electron chi connectivity index (χ0n) is 9.68. The molecular formula is C14H12ClN3. The minimum atomic E-state index is 0.657. The van der Waals surface area contributed by atoms with E-state index in [1.807, 2.05) is 53.5 Å². The van der Waals surface area contributed by atoms with Gasteiger partial charge in [-0.2, -0.15) is 0 Å². The summed E-state index contributed by atoms with van der Waals surface area (Å²) in [5, 5.41) is 1.69. The Balaban J connectivity index is 2.11. The number of nitrogens with two attached hydrogens (primary N) is 1. The third-order valence-electron chi connectivity index (χ3n) is 2.94. The Bertz CT molecular complexity index is 661. The number of allylic oxidation sites excluding steroid dienone is 2. The van der Waals surface area contributed by atoms with Gasteiger partial charge in [-0.25, -0.2) is 4.98 Å². The van der Waals surface area contributed by atoms with E-state index in [1.165, 1.54) is 0 Å². The van der Waals surface area contributed by atoms with Crippen LogP contribution < -0.4 is 10.6 Å². The van der Waals surface area contributed by atoms with Crippen molar-refractivity contribution in [2.45, 2.75) is 0 Å². The molecular weight excluding hydrogens is 246 g/mol. The maximum atomic E-state index is 6.16. The van der Waals surface area contributed by atoms with Crippen molar-refractivity contribution in [3.8, 4) is 0 Å². The van der Waals surface area contributed by atoms with Crippen LogP contribution in [0.1, 0.15) is 0 Å². The van der Waals surface area contributed by atoms with Crippen molar-refractivity contribution in [1.29, 1.82) is 0 Å². The van der Waals surface area contributed by atoms with Crippen molar-refractivity contribution in [1.82, 2.24) is 4.98 Å². The van der Waals surface area contributed by atoms with E-state index in [-0.39, 0.29) is 0 Å². The molecule has 0 saturated carbocycles. The average molecular weight is 258 g/mol. The van der Waals surface area contributed by atoms with E-state index in [4.69, 9.17) is 17.3 Å². The molecule has 2 aromatic rings. The van der Waals surface area contributed by atoms with Crippen molar-refractivity contribution < 1.29 is 0 Å². The van der Waals surface area contributed by atoms with Gasteiger partial charge in [-0.15, -0.1) is 0 Å². The highest BCUT2D eigenvalue weighted by Gasteiger charge is 2.12. The number of rotatable bonds is 1. The molecule has 4 heteroatoms. The molecule has 0 amide bonds. The summed E-state index contributed by atoms with van der Waals surface area (Å²) < 4.78 is 0. The highest BCUT2D eigenvalue weighted by molar-refractivity contribution is 6.35. The zero-order chi connectivity index (χ0) is 12.5. The predicted molar refractivity (Wildman–Crippen MR) is 75.5 cm³/mol. The molecule has 0 radical (unpaired) electrons. The van der Waals surface area contributed by atoms with Crippen molar-refractivity contribution in [2.24, 2.45) is 5.73 Å². The third-order valence-corrected chi connectivity index (χ3v) is 3.24. The van der Waals surface area contributed by atoms with E-state index in [1.54, 1.807) is 0 Å². The number of hydrogen-bond donors (Lipinski definition) is 1. The van der Waals surface area contributed by atoms with Crippen molar-refractivity contribution in [2.75, 3.05) is 11.4 Å². The third kappa shape index (κ3) is 1.83. The van der Waals surface area contributed by atoms with Gasteiger partial charge in [-0.1, -0.05) is 35.9 Å². The first-order valence-corrected chi connectivity index (χ1v) is 6.08. The van der Waals surface area contributed by atoms with Crippen LogP contribution in [0.5, 0.6) is 0 Å². The van der Waals surface area contributed by atoms with Crippen molar-refractivity contribution in [3.05, 3.63) is 59.4 Å². The molecule has 0 bridgehead atoms. The second kappa shape index (κ2) is 4.35. The molecule has 90 valence electrons. The summed E-state index contributed by atoms with van der Waals surface area (Å²) in [7, 11) is 0. The van der Waals surface area contributed by atoms with Crippen molar-refractivity contribution in [3.63, 3.8) is 0 Å². The van der Waals surface area contributed by atoms with Crippen LogP contribution in [-0.2, 0) is 0 Å². The largest absolute Gasteiger partial charge is 0.385 e. The Morgan fingerprint density at radius 1 is 1.22 bits per heavy atom. The summed E-state index contributed by atoms with van der Waals surface area (Å²) in [6, 6.07) is 9.72. The first-order chi connectivity index (χ1) is 8.75. The van der Waals surface area contributed by atoms with Crippen LogP contribution in [-0.4, -0.2) is 11.5 Å². The Morgan fingerprint density at radius 2 is 2.11 bits per heavy atom. The van der Waals surface area contributed by atoms with E-state index in [9.17, 15) is 0 Å². The van der Waals surface area contributed by atoms with Gasteiger partial charge in [0.15, 0.2) is 0 Å². The molecule has 0 unspecified atom stereocenters. The molecule has 0 aliphatic carbocycles. The molecule has 1 aromatic carbocycles. The van der Waals surface area contributed by atoms with Gasteiger partial charge in [0.25, 0.3) is 0 Å². The summed E-state index contributed by atoms with van der Waals surface area (Å²) in [6.45, 7) is 0.727. The molecule has 3 nitrogen and oxygen atoms in total. The topological polar surface area (TPSA) is 42.1 Å². The first kappa shape index (κ1) is 11.1. The van der Waals surface area contributed by atoms with Crippen LogP contribution in [0.4, 0.5) is 5.82 Å². The highest BCUT2D eigenvalue weighted by atomic mass is 35.5. The van der Waals surface area contributed by atoms with Crippen LogP contribution >= 0.6 is 11.6 Å². The Morgan fingerprint density at radius 3 is 2.94 bits per heavy atom. The van der Waals surface area contributed by atoms with Gasteiger partial charge in [-0.3, -0.25) is 0 Å². The lowest BCUT2D eigenvalue weighted by atomic mass is 10.2. The number of anilines is 1. The zero-order valence-corrected chi connectivity index (χ0v) is 10.4. The summed E-state index contributed by atoms with van der Waals surface area (Å²) in [5.74, 6) is 1.50. The van der Waals surface area contributed by atoms with E-state index < -0.39 is 0 Å². The van der Waals surface area contributed by atoms with E-state index in [0.717, 1.165) is 23.3 Å². The van der Waals surface area contributed by atoms with Gasteiger partial charge in [-0.05, 0) is 24.3 Å². The fraction of sp³-hybridized carbons (Fsp3) is 0.0714. The SMILES string of the molecule is NC1=CC=CCN1c1ccc2cccc(Cl)c2n1. The summed E-state index contributed by atoms with van der Waals surface area (Å²) in [6.07, 6.45) is 5.84. The smallest absolute Gasteiger partial charge is 0.135 e. The monoisotopic (exact) mass is 257 g/mol. The summed E-state index contributed by atoms with van der Waals surface area (Å²) >= 11 is 6.16. The predicted octanol–water partition coefficient (Wildman–Crippen LogP) is 3.06. The standard InChI is InChI=1S/C14H12ClN3/c15-11-5-3-4-10-7-8-13(17-14(10)11)18-9-2-1-6-12(18)16/h1-8H,9,16H2. The maximum Gasteiger partial charge on any atom is 0.135 e. The molecule has 0 atom stereocenters. The number of hydrogen-bond acceptors (Lipinski definition) is 3. The fourth-order valence-electron chi connectivity index (χ4n) is 2.01. The average Bonchev–Trinajstić information content (AvgIpc) is 2.40. The van der Waals surface area contributed by atoms with Crippen LogP contribution in [0.3, 0.4) is 0 Å². The quantitative estimate of drug-likeness (QED) is 0.854. The number of nitrogens with zero attached hydrogens (tertiary/aromatic N) is 2. The lowest BCUT2D eigenvalue weighted by Gasteiger charge is -2.24. The van der Waals surface area contributed by atoms with Gasteiger partial charge in [0, 0.05) is 11.9 Å². The van der Waals surface area contributed by atoms with Crippen molar-refractivity contribution >= 4 is 28.3 Å². The Kier molecular flexibility index (Phi) is 2.68. The number of aromatic nitrogens is 1. The minimum Gasteiger partial charge on any atom is -0.385 e. The van der Waals surface area contributed by atoms with Crippen LogP contribution in [0.15, 0.2) is 54.4 Å². The van der Waals surface area contributed by atoms with Gasteiger partial charge >= 0.3 is 0 Å². The number of pyridine rings is 1. The molecule has 1 aliphatic heterocycles. The first-order valence-electron chi connectivity index (χ1n) is 5.71. The lowest BCUT2D eigenvalue weighted by Crippen LogP contribution is -2.30. The van der Waals surface area contributed by atoms with E-state index in [2.05, 4.69) is 4.98 Å². The Labute approximate surface area is 110 Å². The number of fused-ring (bicyclic) bond motifs is 1. The molecule has 0 spiro atoms. The number of benzene rings is 1. The molecule has 0 saturated heterocycles. The lowest BCUT2D eigenvalue weighted by molar-refractivity contribution is 0.950. The Hall–Kier alpha value is -2.00. The molecule has 0 fully saturated rings.